The number of aliphatic carboxylic acids is 1. The molecule has 3 N–H and O–H groups in total. The molecule has 0 saturated carbocycles. The zero-order chi connectivity index (χ0) is 27.1. The number of aryl methyl sites for hydroxylation is 2. The first kappa shape index (κ1) is 25.4. The number of hydrogen-bond donors (Lipinski definition) is 3. The lowest BCUT2D eigenvalue weighted by atomic mass is 10.1. The molecular weight excluding hydrogens is 494 g/mol. The summed E-state index contributed by atoms with van der Waals surface area (Å²) in [5.41, 5.74) is 1.14. The van der Waals surface area contributed by atoms with E-state index < -0.39 is 35.2 Å². The predicted molar refractivity (Wildman–Crippen MR) is 128 cm³/mol. The summed E-state index contributed by atoms with van der Waals surface area (Å²) in [5.74, 6) is -4.14. The van der Waals surface area contributed by atoms with Crippen LogP contribution in [0.3, 0.4) is 0 Å². The van der Waals surface area contributed by atoms with Crippen molar-refractivity contribution in [3.63, 3.8) is 0 Å². The number of fused-ring (bicyclic) bond motifs is 1. The molecule has 4 aromatic rings. The van der Waals surface area contributed by atoms with Crippen molar-refractivity contribution in [2.75, 3.05) is 0 Å². The lowest BCUT2D eigenvalue weighted by Gasteiger charge is -2.11. The van der Waals surface area contributed by atoms with E-state index in [4.69, 9.17) is 5.11 Å². The summed E-state index contributed by atoms with van der Waals surface area (Å²) in [5, 5.41) is 38.0. The van der Waals surface area contributed by atoms with E-state index in [-0.39, 0.29) is 27.8 Å². The molecule has 4 rings (SSSR count). The molecular formula is C26H19F4N3O4. The van der Waals surface area contributed by atoms with Gasteiger partial charge < -0.3 is 15.3 Å². The van der Waals surface area contributed by atoms with E-state index >= 15 is 0 Å². The van der Waals surface area contributed by atoms with Crippen molar-refractivity contribution in [3.05, 3.63) is 82.7 Å². The van der Waals surface area contributed by atoms with Crippen LogP contribution >= 0.6 is 0 Å². The Morgan fingerprint density at radius 1 is 0.946 bits per heavy atom. The molecule has 37 heavy (non-hydrogen) atoms. The quantitative estimate of drug-likeness (QED) is 0.146. The second kappa shape index (κ2) is 9.41. The molecule has 0 aliphatic carbocycles. The number of carboxylic acid groups (broad SMARTS) is 1. The normalized spacial score (nSPS) is 12.5. The van der Waals surface area contributed by atoms with Crippen molar-refractivity contribution < 1.29 is 37.7 Å². The molecule has 7 nitrogen and oxygen atoms in total. The molecule has 0 bridgehead atoms. The van der Waals surface area contributed by atoms with E-state index in [1.54, 1.807) is 18.2 Å². The van der Waals surface area contributed by atoms with Crippen molar-refractivity contribution >= 4 is 34.3 Å². The van der Waals surface area contributed by atoms with Crippen LogP contribution in [0.2, 0.25) is 0 Å². The Bertz CT molecular complexity index is 1600. The van der Waals surface area contributed by atoms with Gasteiger partial charge in [-0.05, 0) is 79.1 Å². The number of alkyl halides is 3. The number of phenolic OH excluding ortho intramolecular Hbond substituents is 1. The van der Waals surface area contributed by atoms with Gasteiger partial charge in [-0.25, -0.2) is 4.79 Å². The molecule has 0 unspecified atom stereocenters. The summed E-state index contributed by atoms with van der Waals surface area (Å²) in [6.07, 6.45) is -3.92. The number of hydrogen-bond acceptors (Lipinski definition) is 5. The number of phenols is 1. The summed E-state index contributed by atoms with van der Waals surface area (Å²) in [6.45, 7) is 3.70. The van der Waals surface area contributed by atoms with Crippen LogP contribution in [-0.2, 0) is 11.0 Å². The standard InChI is InChI=1S/C26H19F4N3O4/c1-13-3-6-17(9-14(13)2)33-21-12-16(26(28,29)30)5-7-18(21)23(24(33)35)32-31-20-8-4-15(11-22(20)34)10-19(27)25(36)37/h3-12,34-35H,1-2H3,(H,36,37). The van der Waals surface area contributed by atoms with E-state index in [0.717, 1.165) is 29.3 Å². The fourth-order valence-electron chi connectivity index (χ4n) is 3.69. The zero-order valence-electron chi connectivity index (χ0n) is 19.4. The van der Waals surface area contributed by atoms with Gasteiger partial charge in [0.05, 0.1) is 11.1 Å². The number of azo groups is 1. The number of carboxylic acids is 1. The van der Waals surface area contributed by atoms with Gasteiger partial charge in [0.15, 0.2) is 5.69 Å². The van der Waals surface area contributed by atoms with Gasteiger partial charge in [-0.2, -0.15) is 17.6 Å². The SMILES string of the molecule is Cc1ccc(-n2c(O)c(N=Nc3ccc(C=C(F)C(=O)O)cc3O)c3ccc(C(F)(F)F)cc32)cc1C. The van der Waals surface area contributed by atoms with Crippen LogP contribution in [0.25, 0.3) is 22.7 Å². The second-order valence-electron chi connectivity index (χ2n) is 8.25. The van der Waals surface area contributed by atoms with Crippen LogP contribution in [0.15, 0.2) is 70.7 Å². The summed E-state index contributed by atoms with van der Waals surface area (Å²) >= 11 is 0. The van der Waals surface area contributed by atoms with Crippen LogP contribution in [-0.4, -0.2) is 25.9 Å². The molecule has 0 saturated heterocycles. The van der Waals surface area contributed by atoms with Crippen LogP contribution in [0.4, 0.5) is 28.9 Å². The Balaban J connectivity index is 1.85. The minimum atomic E-state index is -4.62. The van der Waals surface area contributed by atoms with Gasteiger partial charge >= 0.3 is 12.1 Å². The molecule has 0 aliphatic heterocycles. The van der Waals surface area contributed by atoms with E-state index in [0.29, 0.717) is 11.8 Å². The largest absolute Gasteiger partial charge is 0.506 e. The van der Waals surface area contributed by atoms with Crippen LogP contribution < -0.4 is 0 Å². The van der Waals surface area contributed by atoms with Gasteiger partial charge in [-0.3, -0.25) is 4.57 Å². The molecule has 0 spiro atoms. The molecule has 11 heteroatoms. The summed E-state index contributed by atoms with van der Waals surface area (Å²) in [6, 6.07) is 11.6. The number of benzene rings is 3. The highest BCUT2D eigenvalue weighted by molar-refractivity contribution is 5.97. The van der Waals surface area contributed by atoms with Crippen molar-refractivity contribution in [2.45, 2.75) is 20.0 Å². The molecule has 1 aromatic heterocycles. The van der Waals surface area contributed by atoms with Gasteiger partial charge in [0.25, 0.3) is 0 Å². The van der Waals surface area contributed by atoms with Crippen molar-refractivity contribution in [2.24, 2.45) is 10.2 Å². The highest BCUT2D eigenvalue weighted by Gasteiger charge is 2.32. The topological polar surface area (TPSA) is 107 Å². The van der Waals surface area contributed by atoms with Crippen LogP contribution in [0, 0.1) is 13.8 Å². The average molecular weight is 513 g/mol. The number of aromatic nitrogens is 1. The fraction of sp³-hybridized carbons (Fsp3) is 0.115. The van der Waals surface area contributed by atoms with Gasteiger partial charge in [0, 0.05) is 11.1 Å². The Hall–Kier alpha value is -4.67. The minimum Gasteiger partial charge on any atom is -0.506 e. The third-order valence-corrected chi connectivity index (χ3v) is 5.75. The predicted octanol–water partition coefficient (Wildman–Crippen LogP) is 7.49. The van der Waals surface area contributed by atoms with E-state index in [2.05, 4.69) is 10.2 Å². The molecule has 0 amide bonds. The maximum atomic E-state index is 13.4. The fourth-order valence-corrected chi connectivity index (χ4v) is 3.69. The monoisotopic (exact) mass is 513 g/mol. The van der Waals surface area contributed by atoms with Gasteiger partial charge in [-0.1, -0.05) is 12.1 Å². The number of nitrogens with zero attached hydrogens (tertiary/aromatic N) is 3. The molecule has 0 aliphatic rings. The number of rotatable bonds is 5. The number of carbonyl (C=O) groups is 1. The number of aromatic hydroxyl groups is 2. The van der Waals surface area contributed by atoms with Crippen molar-refractivity contribution in [3.8, 4) is 17.3 Å². The Morgan fingerprint density at radius 2 is 1.68 bits per heavy atom. The molecule has 0 fully saturated rings. The first-order valence-corrected chi connectivity index (χ1v) is 10.7. The van der Waals surface area contributed by atoms with Crippen molar-refractivity contribution in [1.82, 2.24) is 4.57 Å². The first-order valence-electron chi connectivity index (χ1n) is 10.7. The van der Waals surface area contributed by atoms with Crippen LogP contribution in [0.5, 0.6) is 11.6 Å². The van der Waals surface area contributed by atoms with E-state index in [1.807, 2.05) is 13.8 Å². The zero-order valence-corrected chi connectivity index (χ0v) is 19.4. The third kappa shape index (κ3) is 5.01. The Labute approximate surface area is 207 Å². The third-order valence-electron chi connectivity index (χ3n) is 5.75. The van der Waals surface area contributed by atoms with Crippen molar-refractivity contribution in [1.29, 1.82) is 0 Å². The maximum Gasteiger partial charge on any atom is 0.416 e. The van der Waals surface area contributed by atoms with Gasteiger partial charge in [-0.15, -0.1) is 10.2 Å². The average Bonchev–Trinajstić information content (AvgIpc) is 3.10. The molecule has 0 atom stereocenters. The second-order valence-corrected chi connectivity index (χ2v) is 8.25. The lowest BCUT2D eigenvalue weighted by molar-refractivity contribution is -0.137. The molecule has 3 aromatic carbocycles. The smallest absolute Gasteiger partial charge is 0.416 e. The van der Waals surface area contributed by atoms with Gasteiger partial charge in [0.2, 0.25) is 11.7 Å². The number of halogens is 4. The molecule has 1 heterocycles. The highest BCUT2D eigenvalue weighted by Crippen LogP contribution is 2.44. The molecule has 0 radical (unpaired) electrons. The summed E-state index contributed by atoms with van der Waals surface area (Å²) < 4.78 is 54.9. The minimum absolute atomic E-state index is 0.0402. The van der Waals surface area contributed by atoms with E-state index in [9.17, 15) is 32.6 Å². The van der Waals surface area contributed by atoms with Gasteiger partial charge in [0.1, 0.15) is 11.4 Å². The van der Waals surface area contributed by atoms with Crippen LogP contribution in [0.1, 0.15) is 22.3 Å². The Kier molecular flexibility index (Phi) is 6.47. The Morgan fingerprint density at radius 3 is 2.30 bits per heavy atom. The maximum absolute atomic E-state index is 13.4. The molecule has 190 valence electrons. The first-order chi connectivity index (χ1) is 17.4. The lowest BCUT2D eigenvalue weighted by Crippen LogP contribution is -2.05. The van der Waals surface area contributed by atoms with E-state index in [1.165, 1.54) is 22.8 Å². The highest BCUT2D eigenvalue weighted by atomic mass is 19.4. The summed E-state index contributed by atoms with van der Waals surface area (Å²) in [7, 11) is 0. The summed E-state index contributed by atoms with van der Waals surface area (Å²) in [4.78, 5) is 10.6.